The molecule has 0 amide bonds. The van der Waals surface area contributed by atoms with Crippen LogP contribution in [0.5, 0.6) is 0 Å². The van der Waals surface area contributed by atoms with Gasteiger partial charge in [0, 0.05) is 28.4 Å². The molecule has 1 atom stereocenters. The van der Waals surface area contributed by atoms with Gasteiger partial charge in [-0.1, -0.05) is 57.4 Å². The summed E-state index contributed by atoms with van der Waals surface area (Å²) in [7, 11) is -6.46. The van der Waals surface area contributed by atoms with Gasteiger partial charge in [0.1, 0.15) is 0 Å². The summed E-state index contributed by atoms with van der Waals surface area (Å²) in [5.74, 6) is 0.534. The fourth-order valence-electron chi connectivity index (χ4n) is 5.25. The third-order valence-corrected chi connectivity index (χ3v) is 11.1. The lowest BCUT2D eigenvalue weighted by molar-refractivity contribution is 0.218. The van der Waals surface area contributed by atoms with E-state index in [0.717, 1.165) is 45.9 Å². The molecule has 0 bridgehead atoms. The van der Waals surface area contributed by atoms with E-state index in [0.29, 0.717) is 32.3 Å². The van der Waals surface area contributed by atoms with Crippen LogP contribution in [-0.4, -0.2) is 31.0 Å². The van der Waals surface area contributed by atoms with E-state index in [1.54, 1.807) is 0 Å². The van der Waals surface area contributed by atoms with Crippen LogP contribution in [0, 0.1) is 5.92 Å². The number of benzene rings is 2. The first kappa shape index (κ1) is 32.1. The molecule has 9 heteroatoms. The van der Waals surface area contributed by atoms with Gasteiger partial charge in [0.2, 0.25) is 0 Å². The first-order valence-corrected chi connectivity index (χ1v) is 18.0. The number of hydrogen-bond acceptors (Lipinski definition) is 6. The topological polar surface area (TPSA) is 76.0 Å². The Hall–Kier alpha value is -1.46. The van der Waals surface area contributed by atoms with Crippen molar-refractivity contribution in [2.24, 2.45) is 5.92 Å². The molecule has 218 valence electrons. The smallest absolute Gasteiger partial charge is 0.335 e. The van der Waals surface area contributed by atoms with Crippen molar-refractivity contribution in [1.29, 1.82) is 0 Å². The first-order chi connectivity index (χ1) is 18.7. The summed E-state index contributed by atoms with van der Waals surface area (Å²) in [4.78, 5) is 0. The molecule has 0 fully saturated rings. The molecule has 0 aliphatic heterocycles. The SMILES string of the molecule is CCCCC(CC)Cn1c2cc(CP(=O)(OCC)OCC)ccc2c2ccc(CP(=O)(OCC)OCC)cc21. The molecule has 0 saturated heterocycles. The van der Waals surface area contributed by atoms with Crippen LogP contribution < -0.4 is 0 Å². The number of rotatable bonds is 18. The number of hydrogen-bond donors (Lipinski definition) is 0. The fraction of sp³-hybridized carbons (Fsp3) is 0.600. The van der Waals surface area contributed by atoms with E-state index in [-0.39, 0.29) is 12.3 Å². The van der Waals surface area contributed by atoms with Crippen LogP contribution in [0.2, 0.25) is 0 Å². The molecule has 1 heterocycles. The Bertz CT molecular complexity index is 1190. The summed E-state index contributed by atoms with van der Waals surface area (Å²) in [6, 6.07) is 12.6. The van der Waals surface area contributed by atoms with Crippen molar-refractivity contribution >= 4 is 37.0 Å². The fourth-order valence-corrected chi connectivity index (χ4v) is 8.62. The summed E-state index contributed by atoms with van der Waals surface area (Å²) in [6.45, 7) is 14.1. The zero-order chi connectivity index (χ0) is 28.5. The van der Waals surface area contributed by atoms with Crippen LogP contribution >= 0.6 is 15.2 Å². The minimum absolute atomic E-state index is 0.232. The van der Waals surface area contributed by atoms with Crippen LogP contribution in [0.15, 0.2) is 36.4 Å². The summed E-state index contributed by atoms with van der Waals surface area (Å²) in [6.07, 6.45) is 5.10. The second kappa shape index (κ2) is 15.0. The largest absolute Gasteiger partial charge is 0.340 e. The molecule has 0 spiro atoms. The van der Waals surface area contributed by atoms with Gasteiger partial charge in [0.15, 0.2) is 0 Å². The van der Waals surface area contributed by atoms with Crippen molar-refractivity contribution in [3.05, 3.63) is 47.5 Å². The maximum Gasteiger partial charge on any atom is 0.335 e. The van der Waals surface area contributed by atoms with Gasteiger partial charge in [-0.2, -0.15) is 0 Å². The highest BCUT2D eigenvalue weighted by Crippen LogP contribution is 2.52. The Balaban J connectivity index is 2.14. The summed E-state index contributed by atoms with van der Waals surface area (Å²) >= 11 is 0. The second-order valence-corrected chi connectivity index (χ2v) is 14.0. The van der Waals surface area contributed by atoms with Gasteiger partial charge in [0.25, 0.3) is 0 Å². The van der Waals surface area contributed by atoms with Gasteiger partial charge in [-0.05, 0) is 63.3 Å². The summed E-state index contributed by atoms with van der Waals surface area (Å²) in [5.41, 5.74) is 4.06. The lowest BCUT2D eigenvalue weighted by atomic mass is 9.99. The number of nitrogens with zero attached hydrogens (tertiary/aromatic N) is 1. The maximum atomic E-state index is 13.3. The highest BCUT2D eigenvalue weighted by molar-refractivity contribution is 7.53. The summed E-state index contributed by atoms with van der Waals surface area (Å²) < 4.78 is 51.3. The van der Waals surface area contributed by atoms with E-state index in [1.807, 2.05) is 39.8 Å². The Morgan fingerprint density at radius 2 is 1.13 bits per heavy atom. The van der Waals surface area contributed by atoms with Crippen LogP contribution in [0.3, 0.4) is 0 Å². The molecule has 1 unspecified atom stereocenters. The number of fused-ring (bicyclic) bond motifs is 3. The molecular weight excluding hydrogens is 532 g/mol. The van der Waals surface area contributed by atoms with Crippen molar-refractivity contribution in [2.75, 3.05) is 26.4 Å². The van der Waals surface area contributed by atoms with Crippen molar-refractivity contribution in [2.45, 2.75) is 86.1 Å². The van der Waals surface area contributed by atoms with Crippen LogP contribution in [-0.2, 0) is 46.1 Å². The van der Waals surface area contributed by atoms with Crippen LogP contribution in [0.25, 0.3) is 21.8 Å². The quantitative estimate of drug-likeness (QED) is 0.140. The van der Waals surface area contributed by atoms with Crippen molar-refractivity contribution < 1.29 is 27.2 Å². The minimum atomic E-state index is -3.23. The van der Waals surface area contributed by atoms with Crippen LogP contribution in [0.1, 0.15) is 78.4 Å². The predicted octanol–water partition coefficient (Wildman–Crippen LogP) is 9.54. The average molecular weight is 580 g/mol. The molecule has 3 aromatic rings. The average Bonchev–Trinajstić information content (AvgIpc) is 3.18. The Labute approximate surface area is 234 Å². The third-order valence-electron chi connectivity index (χ3n) is 7.04. The molecular formula is C30H47NO6P2. The Kier molecular flexibility index (Phi) is 12.3. The van der Waals surface area contributed by atoms with Gasteiger partial charge in [-0.3, -0.25) is 9.13 Å². The standard InChI is InChI=1S/C30H47NO6P2/c1-7-13-14-24(8-2)21-31-29-19-25(22-38(32,34-9-3)35-10-4)15-17-27(29)28-18-16-26(20-30(28)31)23-39(33,36-11-5)37-12-6/h15-20,24H,7-14,21-23H2,1-6H3. The van der Waals surface area contributed by atoms with Crippen molar-refractivity contribution in [3.8, 4) is 0 Å². The van der Waals surface area contributed by atoms with Crippen molar-refractivity contribution in [3.63, 3.8) is 0 Å². The molecule has 3 rings (SSSR count). The van der Waals surface area contributed by atoms with Crippen molar-refractivity contribution in [1.82, 2.24) is 4.57 Å². The number of unbranched alkanes of at least 4 members (excludes halogenated alkanes) is 1. The number of aromatic nitrogens is 1. The minimum Gasteiger partial charge on any atom is -0.340 e. The van der Waals surface area contributed by atoms with E-state index in [2.05, 4.69) is 42.7 Å². The van der Waals surface area contributed by atoms with Gasteiger partial charge >= 0.3 is 15.2 Å². The van der Waals surface area contributed by atoms with E-state index >= 15 is 0 Å². The molecule has 7 nitrogen and oxygen atoms in total. The van der Waals surface area contributed by atoms with Gasteiger partial charge in [0.05, 0.1) is 38.8 Å². The normalized spacial score (nSPS) is 13.5. The van der Waals surface area contributed by atoms with E-state index in [4.69, 9.17) is 18.1 Å². The first-order valence-electron chi connectivity index (χ1n) is 14.5. The third kappa shape index (κ3) is 8.28. The summed E-state index contributed by atoms with van der Waals surface area (Å²) in [5, 5.41) is 2.29. The second-order valence-electron chi connectivity index (χ2n) is 9.94. The Morgan fingerprint density at radius 1 is 0.692 bits per heavy atom. The van der Waals surface area contributed by atoms with E-state index in [9.17, 15) is 9.13 Å². The predicted molar refractivity (Wildman–Crippen MR) is 162 cm³/mol. The van der Waals surface area contributed by atoms with Gasteiger partial charge in [-0.25, -0.2) is 0 Å². The van der Waals surface area contributed by atoms with Gasteiger partial charge < -0.3 is 22.7 Å². The zero-order valence-corrected chi connectivity index (χ0v) is 26.4. The molecule has 0 N–H and O–H groups in total. The molecule has 0 radical (unpaired) electrons. The lowest BCUT2D eigenvalue weighted by Crippen LogP contribution is -2.10. The molecule has 2 aromatic carbocycles. The van der Waals surface area contributed by atoms with Gasteiger partial charge in [-0.15, -0.1) is 0 Å². The highest BCUT2D eigenvalue weighted by Gasteiger charge is 2.26. The van der Waals surface area contributed by atoms with E-state index < -0.39 is 15.2 Å². The highest BCUT2D eigenvalue weighted by atomic mass is 31.2. The molecule has 39 heavy (non-hydrogen) atoms. The lowest BCUT2D eigenvalue weighted by Gasteiger charge is -2.19. The molecule has 0 aliphatic rings. The molecule has 1 aromatic heterocycles. The zero-order valence-electron chi connectivity index (χ0n) is 24.6. The van der Waals surface area contributed by atoms with Crippen LogP contribution in [0.4, 0.5) is 0 Å². The van der Waals surface area contributed by atoms with E-state index in [1.165, 1.54) is 19.3 Å². The molecule has 0 saturated carbocycles. The monoisotopic (exact) mass is 579 g/mol. The molecule has 0 aliphatic carbocycles. The Morgan fingerprint density at radius 3 is 1.49 bits per heavy atom. The maximum absolute atomic E-state index is 13.3.